The van der Waals surface area contributed by atoms with E-state index in [0.717, 1.165) is 17.5 Å². The fourth-order valence-corrected chi connectivity index (χ4v) is 5.97. The van der Waals surface area contributed by atoms with E-state index in [2.05, 4.69) is 13.8 Å². The summed E-state index contributed by atoms with van der Waals surface area (Å²) < 4.78 is 37.9. The molecule has 4 rings (SSSR count). The SMILES string of the molecule is [B]C1CC(OC(=O)OCc2cc(OC)c(OC)cc2[N+](=O)[O-])C(CC(C)C)O1.[B]C1CC(OCc2cc(C)c(C)cc2[N+](=O)[O-])C(CC(C)C)O1. The molecule has 16 heteroatoms. The molecule has 0 aliphatic carbocycles. The molecule has 14 nitrogen and oxygen atoms in total. The minimum absolute atomic E-state index is 0.0457. The van der Waals surface area contributed by atoms with Gasteiger partial charge in [-0.2, -0.15) is 0 Å². The number of ether oxygens (including phenoxy) is 7. The van der Waals surface area contributed by atoms with Crippen molar-refractivity contribution in [2.45, 2.75) is 117 Å². The van der Waals surface area contributed by atoms with E-state index in [1.54, 1.807) is 6.07 Å². The molecule has 2 aromatic rings. The molecule has 2 fully saturated rings. The molecule has 0 aromatic heterocycles. The third-order valence-corrected chi connectivity index (χ3v) is 8.58. The molecular weight excluding hydrogens is 662 g/mol. The van der Waals surface area contributed by atoms with Crippen molar-refractivity contribution in [3.05, 3.63) is 66.7 Å². The van der Waals surface area contributed by atoms with E-state index in [0.29, 0.717) is 36.7 Å². The van der Waals surface area contributed by atoms with E-state index in [4.69, 9.17) is 48.9 Å². The molecule has 0 N–H and O–H groups in total. The van der Waals surface area contributed by atoms with Crippen molar-refractivity contribution >= 4 is 33.2 Å². The number of nitro groups is 2. The van der Waals surface area contributed by atoms with Crippen LogP contribution in [0.4, 0.5) is 16.2 Å². The maximum absolute atomic E-state index is 12.1. The van der Waals surface area contributed by atoms with Crippen molar-refractivity contribution in [3.8, 4) is 11.5 Å². The van der Waals surface area contributed by atoms with Crippen molar-refractivity contribution in [2.24, 2.45) is 11.8 Å². The molecule has 0 saturated carbocycles. The molecule has 6 atom stereocenters. The van der Waals surface area contributed by atoms with Crippen LogP contribution in [-0.2, 0) is 36.9 Å². The van der Waals surface area contributed by atoms with Crippen LogP contribution in [0.5, 0.6) is 11.5 Å². The standard InChI is InChI=1S/C18H24BNO8.C17H24BNO4/c1-10(2)5-15-16(8-17(19)27-15)28-18(21)26-9-11-6-13(24-3)14(25-4)7-12(11)20(22)23;1-10(2)5-16-15(8-17(18)23-16)22-9-13-6-11(3)12(4)7-14(13)19(20)21/h6-7,10,15-17H,5,8-9H2,1-4H3;6-7,10,15-17H,5,8-9H2,1-4H3. The number of nitro benzene ring substituents is 2. The summed E-state index contributed by atoms with van der Waals surface area (Å²) in [6, 6.07) is 5.22. The fourth-order valence-electron chi connectivity index (χ4n) is 5.97. The number of benzene rings is 2. The number of carbonyl (C=O) groups excluding carboxylic acids is 1. The lowest BCUT2D eigenvalue weighted by molar-refractivity contribution is -0.386. The van der Waals surface area contributed by atoms with Gasteiger partial charge in [-0.05, 0) is 68.2 Å². The highest BCUT2D eigenvalue weighted by atomic mass is 16.7. The summed E-state index contributed by atoms with van der Waals surface area (Å²) in [6.45, 7) is 12.0. The average Bonchev–Trinajstić information content (AvgIpc) is 3.57. The number of hydrogen-bond donors (Lipinski definition) is 0. The van der Waals surface area contributed by atoms with Crippen molar-refractivity contribution in [2.75, 3.05) is 14.2 Å². The van der Waals surface area contributed by atoms with Crippen molar-refractivity contribution in [1.29, 1.82) is 0 Å². The summed E-state index contributed by atoms with van der Waals surface area (Å²) in [6.07, 6.45) is 0.604. The van der Waals surface area contributed by atoms with Crippen LogP contribution in [0.3, 0.4) is 0 Å². The second-order valence-electron chi connectivity index (χ2n) is 13.6. The Bertz CT molecular complexity index is 1510. The molecule has 51 heavy (non-hydrogen) atoms. The summed E-state index contributed by atoms with van der Waals surface area (Å²) >= 11 is 0. The zero-order valence-electron chi connectivity index (χ0n) is 30.6. The van der Waals surface area contributed by atoms with Gasteiger partial charge in [-0.1, -0.05) is 27.7 Å². The molecule has 2 aliphatic rings. The molecule has 0 bridgehead atoms. The number of aryl methyl sites for hydroxylation is 2. The van der Waals surface area contributed by atoms with Gasteiger partial charge in [0.15, 0.2) is 11.5 Å². The van der Waals surface area contributed by atoms with Gasteiger partial charge in [-0.25, -0.2) is 4.79 Å². The Labute approximate surface area is 301 Å². The topological polar surface area (TPSA) is 168 Å². The molecule has 2 saturated heterocycles. The monoisotopic (exact) mass is 710 g/mol. The van der Waals surface area contributed by atoms with Gasteiger partial charge in [-0.3, -0.25) is 20.2 Å². The summed E-state index contributed by atoms with van der Waals surface area (Å²) in [5.41, 5.74) is 2.53. The Morgan fingerprint density at radius 1 is 0.784 bits per heavy atom. The van der Waals surface area contributed by atoms with E-state index < -0.39 is 23.2 Å². The Hall–Kier alpha value is -3.88. The molecule has 0 spiro atoms. The molecule has 6 unspecified atom stereocenters. The van der Waals surface area contributed by atoms with Gasteiger partial charge in [0.1, 0.15) is 28.4 Å². The first kappa shape index (κ1) is 41.5. The second-order valence-corrected chi connectivity index (χ2v) is 13.6. The van der Waals surface area contributed by atoms with Gasteiger partial charge < -0.3 is 33.2 Å². The number of hydrogen-bond acceptors (Lipinski definition) is 12. The highest BCUT2D eigenvalue weighted by Gasteiger charge is 2.37. The van der Waals surface area contributed by atoms with Crippen LogP contribution in [0.2, 0.25) is 0 Å². The summed E-state index contributed by atoms with van der Waals surface area (Å²) in [4.78, 5) is 33.7. The summed E-state index contributed by atoms with van der Waals surface area (Å²) in [5.74, 6) is 1.31. The van der Waals surface area contributed by atoms with Crippen LogP contribution in [0.1, 0.15) is 75.6 Å². The third-order valence-electron chi connectivity index (χ3n) is 8.58. The minimum Gasteiger partial charge on any atom is -0.493 e. The van der Waals surface area contributed by atoms with E-state index in [1.807, 2.05) is 33.8 Å². The number of carbonyl (C=O) groups is 1. The predicted octanol–water partition coefficient (Wildman–Crippen LogP) is 6.39. The summed E-state index contributed by atoms with van der Waals surface area (Å²) in [5, 5.41) is 22.6. The zero-order chi connectivity index (χ0) is 38.0. The van der Waals surface area contributed by atoms with Crippen LogP contribution in [-0.4, -0.2) is 82.3 Å². The molecule has 2 aliphatic heterocycles. The third kappa shape index (κ3) is 12.1. The maximum atomic E-state index is 12.1. The quantitative estimate of drug-likeness (QED) is 0.0919. The Kier molecular flexibility index (Phi) is 15.6. The van der Waals surface area contributed by atoms with E-state index in [-0.39, 0.29) is 70.9 Å². The van der Waals surface area contributed by atoms with Crippen LogP contribution in [0, 0.1) is 45.9 Å². The Balaban J connectivity index is 0.000000281. The van der Waals surface area contributed by atoms with Gasteiger partial charge in [0.05, 0.1) is 66.2 Å². The van der Waals surface area contributed by atoms with Gasteiger partial charge in [0.25, 0.3) is 11.4 Å². The molecule has 2 heterocycles. The molecule has 4 radical (unpaired) electrons. The van der Waals surface area contributed by atoms with E-state index >= 15 is 0 Å². The van der Waals surface area contributed by atoms with Crippen molar-refractivity contribution < 1.29 is 47.8 Å². The Morgan fingerprint density at radius 2 is 1.25 bits per heavy atom. The smallest absolute Gasteiger partial charge is 0.493 e. The number of nitrogens with zero attached hydrogens (tertiary/aromatic N) is 2. The van der Waals surface area contributed by atoms with E-state index in [9.17, 15) is 25.0 Å². The lowest BCUT2D eigenvalue weighted by Crippen LogP contribution is -2.28. The summed E-state index contributed by atoms with van der Waals surface area (Å²) in [7, 11) is 14.4. The van der Waals surface area contributed by atoms with Crippen LogP contribution >= 0.6 is 0 Å². The molecule has 276 valence electrons. The average molecular weight is 710 g/mol. The van der Waals surface area contributed by atoms with Gasteiger partial charge in [0.2, 0.25) is 0 Å². The fraction of sp³-hybridized carbons (Fsp3) is 0.629. The highest BCUT2D eigenvalue weighted by molar-refractivity contribution is 6.11. The normalized spacial score (nSPS) is 22.7. The predicted molar refractivity (Wildman–Crippen MR) is 189 cm³/mol. The van der Waals surface area contributed by atoms with Gasteiger partial charge in [0, 0.05) is 24.5 Å². The lowest BCUT2D eigenvalue weighted by atomic mass is 9.94. The first-order chi connectivity index (χ1) is 24.0. The van der Waals surface area contributed by atoms with Crippen molar-refractivity contribution in [1.82, 2.24) is 0 Å². The molecule has 0 amide bonds. The largest absolute Gasteiger partial charge is 0.508 e. The van der Waals surface area contributed by atoms with Crippen molar-refractivity contribution in [3.63, 3.8) is 0 Å². The Morgan fingerprint density at radius 3 is 1.78 bits per heavy atom. The number of rotatable bonds is 14. The lowest BCUT2D eigenvalue weighted by Gasteiger charge is -2.21. The molecular formula is C35H48B2N2O12. The first-order valence-electron chi connectivity index (χ1n) is 16.9. The minimum atomic E-state index is -0.944. The highest BCUT2D eigenvalue weighted by Crippen LogP contribution is 2.35. The van der Waals surface area contributed by atoms with Gasteiger partial charge in [-0.15, -0.1) is 0 Å². The number of methoxy groups -OCH3 is 2. The first-order valence-corrected chi connectivity index (χ1v) is 16.9. The van der Waals surface area contributed by atoms with Gasteiger partial charge >= 0.3 is 6.16 Å². The second kappa shape index (κ2) is 19.1. The zero-order valence-corrected chi connectivity index (χ0v) is 30.6. The van der Waals surface area contributed by atoms with Crippen LogP contribution in [0.25, 0.3) is 0 Å². The van der Waals surface area contributed by atoms with E-state index in [1.165, 1.54) is 26.4 Å². The van der Waals surface area contributed by atoms with Crippen LogP contribution in [0.15, 0.2) is 24.3 Å². The van der Waals surface area contributed by atoms with Crippen LogP contribution < -0.4 is 9.47 Å². The molecule has 2 aromatic carbocycles. The maximum Gasteiger partial charge on any atom is 0.508 e.